The van der Waals surface area contributed by atoms with Crippen LogP contribution in [0.2, 0.25) is 5.02 Å². The van der Waals surface area contributed by atoms with E-state index in [1.807, 2.05) is 31.2 Å². The third-order valence-electron chi connectivity index (χ3n) is 5.98. The Labute approximate surface area is 193 Å². The normalized spacial score (nSPS) is 14.5. The Balaban J connectivity index is 1.30. The molecule has 0 saturated carbocycles. The number of nitrogens with zero attached hydrogens (tertiary/aromatic N) is 3. The summed E-state index contributed by atoms with van der Waals surface area (Å²) in [5, 5.41) is 7.91. The van der Waals surface area contributed by atoms with Gasteiger partial charge in [0.25, 0.3) is 0 Å². The van der Waals surface area contributed by atoms with Crippen molar-refractivity contribution in [1.82, 2.24) is 10.1 Å². The molecule has 1 fully saturated rings. The number of para-hydroxylation sites is 1. The van der Waals surface area contributed by atoms with E-state index in [-0.39, 0.29) is 0 Å². The van der Waals surface area contributed by atoms with Gasteiger partial charge in [0.05, 0.1) is 5.69 Å². The smallest absolute Gasteiger partial charge is 0.379 e. The van der Waals surface area contributed by atoms with E-state index in [1.165, 1.54) is 5.69 Å². The van der Waals surface area contributed by atoms with E-state index in [9.17, 15) is 4.79 Å². The Morgan fingerprint density at radius 2 is 1.75 bits per heavy atom. The van der Waals surface area contributed by atoms with Gasteiger partial charge in [-0.2, -0.15) is 0 Å². The molecule has 1 N–H and O–H groups in total. The average Bonchev–Trinajstić information content (AvgIpc) is 2.83. The molecule has 0 unspecified atom stereocenters. The molecule has 0 aliphatic carbocycles. The first kappa shape index (κ1) is 22.4. The second kappa shape index (κ2) is 10.7. The largest absolute Gasteiger partial charge is 0.381 e. The van der Waals surface area contributed by atoms with Crippen LogP contribution in [-0.4, -0.2) is 49.3 Å². The molecular weight excluding hydrogens is 424 g/mol. The maximum absolute atomic E-state index is 12.4. The first-order valence-corrected chi connectivity index (χ1v) is 11.5. The van der Waals surface area contributed by atoms with Crippen molar-refractivity contribution in [3.8, 4) is 0 Å². The highest BCUT2D eigenvalue weighted by atomic mass is 35.5. The number of halogens is 1. The van der Waals surface area contributed by atoms with E-state index in [4.69, 9.17) is 16.1 Å². The number of nitrogens with one attached hydrogen (secondary N) is 1. The molecule has 32 heavy (non-hydrogen) atoms. The highest BCUT2D eigenvalue weighted by Crippen LogP contribution is 2.23. The number of aryl methyl sites for hydroxylation is 1. The summed E-state index contributed by atoms with van der Waals surface area (Å²) in [6.07, 6.45) is 1.48. The zero-order valence-corrected chi connectivity index (χ0v) is 19.1. The Morgan fingerprint density at radius 1 is 1.03 bits per heavy atom. The number of hydrogen-bond acceptors (Lipinski definition) is 6. The van der Waals surface area contributed by atoms with Crippen molar-refractivity contribution in [3.05, 3.63) is 86.9 Å². The second-order valence-corrected chi connectivity index (χ2v) is 8.53. The third kappa shape index (κ3) is 5.50. The molecule has 0 amide bonds. The van der Waals surface area contributed by atoms with Crippen LogP contribution >= 0.6 is 11.6 Å². The van der Waals surface area contributed by atoms with Crippen molar-refractivity contribution in [2.24, 2.45) is 0 Å². The van der Waals surface area contributed by atoms with Gasteiger partial charge >= 0.3 is 5.63 Å². The molecule has 1 aliphatic rings. The highest BCUT2D eigenvalue weighted by Gasteiger charge is 2.18. The number of benzene rings is 2. The van der Waals surface area contributed by atoms with Crippen molar-refractivity contribution in [2.75, 3.05) is 49.5 Å². The predicted molar refractivity (Wildman–Crippen MR) is 130 cm³/mol. The number of aromatic nitrogens is 1. The van der Waals surface area contributed by atoms with Crippen molar-refractivity contribution in [3.63, 3.8) is 0 Å². The van der Waals surface area contributed by atoms with E-state index >= 15 is 0 Å². The van der Waals surface area contributed by atoms with Crippen molar-refractivity contribution in [1.29, 1.82) is 0 Å². The van der Waals surface area contributed by atoms with Gasteiger partial charge in [0.1, 0.15) is 5.69 Å². The van der Waals surface area contributed by atoms with Gasteiger partial charge in [-0.3, -0.25) is 4.90 Å². The summed E-state index contributed by atoms with van der Waals surface area (Å²) in [6, 6.07) is 18.2. The second-order valence-electron chi connectivity index (χ2n) is 8.12. The van der Waals surface area contributed by atoms with Crippen molar-refractivity contribution >= 4 is 23.0 Å². The van der Waals surface area contributed by atoms with Gasteiger partial charge in [-0.05, 0) is 43.7 Å². The van der Waals surface area contributed by atoms with E-state index in [2.05, 4.69) is 50.6 Å². The van der Waals surface area contributed by atoms with Gasteiger partial charge in [-0.1, -0.05) is 53.2 Å². The van der Waals surface area contributed by atoms with Gasteiger partial charge in [-0.25, -0.2) is 4.79 Å². The lowest BCUT2D eigenvalue weighted by atomic mass is 10.0. The summed E-state index contributed by atoms with van der Waals surface area (Å²) < 4.78 is 4.98. The minimum Gasteiger partial charge on any atom is -0.379 e. The Kier molecular flexibility index (Phi) is 7.45. The molecule has 1 aliphatic heterocycles. The van der Waals surface area contributed by atoms with Crippen LogP contribution in [0.1, 0.15) is 23.2 Å². The summed E-state index contributed by atoms with van der Waals surface area (Å²) in [5.41, 5.74) is 3.85. The molecule has 2 heterocycles. The summed E-state index contributed by atoms with van der Waals surface area (Å²) >= 11 is 6.33. The van der Waals surface area contributed by atoms with Crippen molar-refractivity contribution in [2.45, 2.75) is 19.8 Å². The molecule has 0 atom stereocenters. The van der Waals surface area contributed by atoms with Gasteiger partial charge in [0.2, 0.25) is 0 Å². The summed E-state index contributed by atoms with van der Waals surface area (Å²) in [4.78, 5) is 17.3. The van der Waals surface area contributed by atoms with Crippen LogP contribution in [0, 0.1) is 6.92 Å². The molecule has 168 valence electrons. The fourth-order valence-corrected chi connectivity index (χ4v) is 4.33. The van der Waals surface area contributed by atoms with Gasteiger partial charge < -0.3 is 14.7 Å². The lowest BCUT2D eigenvalue weighted by Gasteiger charge is -2.36. The zero-order valence-electron chi connectivity index (χ0n) is 18.4. The summed E-state index contributed by atoms with van der Waals surface area (Å²) in [5.74, 6) is 0. The standard InChI is InChI=1S/C25H29ClN4O2/c1-19-22(18-20-8-5-6-11-23(20)26)24(25(31)32-28-19)27-12-7-13-29-14-16-30(17-15-29)21-9-3-2-4-10-21/h2-6,8-11,27H,7,12-18H2,1H3. The first-order chi connectivity index (χ1) is 15.6. The van der Waals surface area contributed by atoms with Gasteiger partial charge in [0, 0.05) is 55.4 Å². The molecule has 1 saturated heterocycles. The summed E-state index contributed by atoms with van der Waals surface area (Å²) in [7, 11) is 0. The predicted octanol–water partition coefficient (Wildman–Crippen LogP) is 4.21. The molecule has 0 radical (unpaired) electrons. The van der Waals surface area contributed by atoms with Crippen LogP contribution in [-0.2, 0) is 6.42 Å². The molecule has 6 nitrogen and oxygen atoms in total. The van der Waals surface area contributed by atoms with Crippen LogP contribution in [0.3, 0.4) is 0 Å². The average molecular weight is 453 g/mol. The minimum absolute atomic E-state index is 0.436. The number of piperazine rings is 1. The number of rotatable bonds is 8. The van der Waals surface area contributed by atoms with E-state index in [1.54, 1.807) is 0 Å². The van der Waals surface area contributed by atoms with E-state index in [0.717, 1.165) is 50.3 Å². The van der Waals surface area contributed by atoms with Crippen LogP contribution in [0.25, 0.3) is 0 Å². The molecule has 2 aromatic carbocycles. The first-order valence-electron chi connectivity index (χ1n) is 11.1. The van der Waals surface area contributed by atoms with Crippen LogP contribution < -0.4 is 15.8 Å². The molecule has 7 heteroatoms. The molecule has 3 aromatic rings. The number of anilines is 2. The zero-order chi connectivity index (χ0) is 22.3. The van der Waals surface area contributed by atoms with Gasteiger partial charge in [-0.15, -0.1) is 0 Å². The SMILES string of the molecule is Cc1noc(=O)c(NCCCN2CCN(c3ccccc3)CC2)c1Cc1ccccc1Cl. The maximum atomic E-state index is 12.4. The Hall–Kier alpha value is -2.83. The highest BCUT2D eigenvalue weighted by molar-refractivity contribution is 6.31. The monoisotopic (exact) mass is 452 g/mol. The van der Waals surface area contributed by atoms with Gasteiger partial charge in [0.15, 0.2) is 0 Å². The lowest BCUT2D eigenvalue weighted by Crippen LogP contribution is -2.46. The van der Waals surface area contributed by atoms with Crippen LogP contribution in [0.15, 0.2) is 63.9 Å². The third-order valence-corrected chi connectivity index (χ3v) is 6.35. The topological polar surface area (TPSA) is 61.6 Å². The van der Waals surface area contributed by atoms with Crippen LogP contribution in [0.4, 0.5) is 11.4 Å². The lowest BCUT2D eigenvalue weighted by molar-refractivity contribution is 0.257. The molecule has 4 rings (SSSR count). The van der Waals surface area contributed by atoms with Crippen LogP contribution in [0.5, 0.6) is 0 Å². The number of hydrogen-bond donors (Lipinski definition) is 1. The Bertz CT molecular complexity index is 1080. The Morgan fingerprint density at radius 3 is 2.50 bits per heavy atom. The molecular formula is C25H29ClN4O2. The molecule has 1 aromatic heterocycles. The fourth-order valence-electron chi connectivity index (χ4n) is 4.13. The fraction of sp³-hybridized carbons (Fsp3) is 0.360. The molecule has 0 bridgehead atoms. The minimum atomic E-state index is -0.436. The molecule has 0 spiro atoms. The quantitative estimate of drug-likeness (QED) is 0.516. The van der Waals surface area contributed by atoms with E-state index < -0.39 is 5.63 Å². The van der Waals surface area contributed by atoms with Crippen molar-refractivity contribution < 1.29 is 4.52 Å². The maximum Gasteiger partial charge on any atom is 0.381 e. The van der Waals surface area contributed by atoms with E-state index in [0.29, 0.717) is 29.4 Å². The summed E-state index contributed by atoms with van der Waals surface area (Å²) in [6.45, 7) is 7.70.